The Bertz CT molecular complexity index is 1920. The summed E-state index contributed by atoms with van der Waals surface area (Å²) in [6.07, 6.45) is 7.16. The molecule has 1 aromatic heterocycles. The molecule has 0 atom stereocenters. The third-order valence-electron chi connectivity index (χ3n) is 7.83. The fourth-order valence-corrected chi connectivity index (χ4v) is 7.52. The lowest BCUT2D eigenvalue weighted by Gasteiger charge is -2.12. The first-order valence-electron chi connectivity index (χ1n) is 16.2. The Morgan fingerprint density at radius 3 is 2.42 bits per heavy atom. The van der Waals surface area contributed by atoms with Gasteiger partial charge in [0.1, 0.15) is 10.7 Å². The van der Waals surface area contributed by atoms with Crippen molar-refractivity contribution in [2.45, 2.75) is 50.3 Å². The van der Waals surface area contributed by atoms with Gasteiger partial charge in [-0.3, -0.25) is 24.5 Å². The number of thiophene rings is 1. The van der Waals surface area contributed by atoms with Crippen LogP contribution < -0.4 is 16.0 Å². The molecule has 0 saturated carbocycles. The van der Waals surface area contributed by atoms with Crippen molar-refractivity contribution in [3.63, 3.8) is 0 Å². The summed E-state index contributed by atoms with van der Waals surface area (Å²) >= 11 is 2.69. The van der Waals surface area contributed by atoms with E-state index >= 15 is 0 Å². The number of nitrogens with zero attached hydrogens (tertiary/aromatic N) is 1. The number of thioether (sulfide) groups is 1. The first kappa shape index (κ1) is 36.0. The molecule has 3 N–H and O–H groups in total. The second-order valence-corrected chi connectivity index (χ2v) is 13.5. The van der Waals surface area contributed by atoms with Crippen molar-refractivity contribution >= 4 is 69.2 Å². The number of benzene rings is 3. The highest BCUT2D eigenvalue weighted by molar-refractivity contribution is 8.00. The van der Waals surface area contributed by atoms with Crippen LogP contribution in [-0.2, 0) is 27.2 Å². The van der Waals surface area contributed by atoms with Gasteiger partial charge < -0.3 is 20.7 Å². The summed E-state index contributed by atoms with van der Waals surface area (Å²) in [6, 6.07) is 21.0. The Labute approximate surface area is 297 Å². The molecule has 11 nitrogen and oxygen atoms in total. The first-order chi connectivity index (χ1) is 24.2. The van der Waals surface area contributed by atoms with E-state index in [1.807, 2.05) is 0 Å². The van der Waals surface area contributed by atoms with E-state index in [0.29, 0.717) is 26.7 Å². The lowest BCUT2D eigenvalue weighted by molar-refractivity contribution is -0.385. The summed E-state index contributed by atoms with van der Waals surface area (Å²) in [6.45, 7) is 2.00. The number of nitro groups is 1. The highest BCUT2D eigenvalue weighted by atomic mass is 32.2. The summed E-state index contributed by atoms with van der Waals surface area (Å²) in [7, 11) is 0. The second kappa shape index (κ2) is 17.4. The summed E-state index contributed by atoms with van der Waals surface area (Å²) in [5, 5.41) is 20.4. The first-order valence-corrected chi connectivity index (χ1v) is 18.0. The van der Waals surface area contributed by atoms with Crippen molar-refractivity contribution in [2.24, 2.45) is 0 Å². The van der Waals surface area contributed by atoms with E-state index in [0.717, 1.165) is 49.0 Å². The molecule has 0 spiro atoms. The van der Waals surface area contributed by atoms with Gasteiger partial charge in [0.05, 0.1) is 28.4 Å². The molecule has 258 valence electrons. The topological polar surface area (TPSA) is 157 Å². The zero-order valence-corrected chi connectivity index (χ0v) is 29.0. The maximum Gasteiger partial charge on any atom is 0.341 e. The van der Waals surface area contributed by atoms with Gasteiger partial charge >= 0.3 is 5.97 Å². The molecule has 3 aromatic carbocycles. The maximum atomic E-state index is 13.5. The minimum atomic E-state index is -0.702. The summed E-state index contributed by atoms with van der Waals surface area (Å²) < 4.78 is 5.35. The molecule has 13 heteroatoms. The van der Waals surface area contributed by atoms with Crippen LogP contribution in [-0.4, -0.2) is 41.0 Å². The number of aryl methyl sites for hydroxylation is 1. The number of fused-ring (bicyclic) bond motifs is 1. The van der Waals surface area contributed by atoms with Crippen LogP contribution in [0.15, 0.2) is 89.5 Å². The number of esters is 1. The Morgan fingerprint density at radius 1 is 0.920 bits per heavy atom. The predicted molar refractivity (Wildman–Crippen MR) is 196 cm³/mol. The largest absolute Gasteiger partial charge is 0.462 e. The maximum absolute atomic E-state index is 13.5. The molecule has 0 radical (unpaired) electrons. The van der Waals surface area contributed by atoms with Crippen molar-refractivity contribution in [2.75, 3.05) is 23.0 Å². The van der Waals surface area contributed by atoms with Crippen LogP contribution in [0.2, 0.25) is 0 Å². The van der Waals surface area contributed by atoms with E-state index in [9.17, 15) is 29.3 Å². The van der Waals surface area contributed by atoms with Gasteiger partial charge in [0.15, 0.2) is 0 Å². The van der Waals surface area contributed by atoms with Gasteiger partial charge in [-0.05, 0) is 80.6 Å². The molecular formula is C37H36N4O7S2. The molecule has 3 amide bonds. The number of nitro benzene ring substituents is 1. The van der Waals surface area contributed by atoms with Gasteiger partial charge in [0.25, 0.3) is 17.5 Å². The predicted octanol–water partition coefficient (Wildman–Crippen LogP) is 7.63. The van der Waals surface area contributed by atoms with Crippen molar-refractivity contribution in [1.82, 2.24) is 5.32 Å². The Morgan fingerprint density at radius 2 is 1.66 bits per heavy atom. The minimum absolute atomic E-state index is 0.0399. The highest BCUT2D eigenvalue weighted by Gasteiger charge is 2.26. The molecule has 0 aliphatic heterocycles. The third kappa shape index (κ3) is 9.45. The van der Waals surface area contributed by atoms with E-state index in [-0.39, 0.29) is 35.2 Å². The van der Waals surface area contributed by atoms with Gasteiger partial charge in [0.2, 0.25) is 5.91 Å². The number of anilines is 2. The highest BCUT2D eigenvalue weighted by Crippen LogP contribution is 2.38. The summed E-state index contributed by atoms with van der Waals surface area (Å²) in [5.41, 5.74) is 1.82. The molecule has 1 aliphatic carbocycles. The van der Waals surface area contributed by atoms with Gasteiger partial charge in [-0.2, -0.15) is 0 Å². The van der Waals surface area contributed by atoms with Crippen LogP contribution in [0.5, 0.6) is 0 Å². The number of hydrogen-bond acceptors (Lipinski definition) is 9. The number of ether oxygens (including phenoxy) is 1. The van der Waals surface area contributed by atoms with Crippen molar-refractivity contribution in [3.05, 3.63) is 122 Å². The van der Waals surface area contributed by atoms with E-state index < -0.39 is 22.7 Å². The zero-order chi connectivity index (χ0) is 35.5. The average Bonchev–Trinajstić information content (AvgIpc) is 3.42. The standard InChI is InChI=1S/C37H36N4O7S2/c1-2-48-37(45)33-28-18-8-3-4-9-20-31(28)50-36(33)40-32(42)23-49-27-17-12-16-26(22-27)38-35(44)29(39-34(43)24-13-6-5-7-14-24)21-25-15-10-11-19-30(25)41(46)47/h5-7,10-17,19,21-22H,2-4,8-9,18,20,23H2,1H3,(H,38,44)(H,39,43)(H,40,42)/b29-21+. The number of carbonyl (C=O) groups excluding carboxylic acids is 4. The van der Waals surface area contributed by atoms with Gasteiger partial charge in [0, 0.05) is 27.1 Å². The second-order valence-electron chi connectivity index (χ2n) is 11.4. The summed E-state index contributed by atoms with van der Waals surface area (Å²) in [4.78, 5) is 65.5. The van der Waals surface area contributed by atoms with Crippen LogP contribution >= 0.6 is 23.1 Å². The lowest BCUT2D eigenvalue weighted by Crippen LogP contribution is -2.30. The van der Waals surface area contributed by atoms with Crippen molar-refractivity contribution in [1.29, 1.82) is 0 Å². The number of para-hydroxylation sites is 1. The van der Waals surface area contributed by atoms with Crippen LogP contribution in [0, 0.1) is 10.1 Å². The Hall–Kier alpha value is -5.27. The van der Waals surface area contributed by atoms with E-state index in [4.69, 9.17) is 4.74 Å². The number of hydrogen-bond donors (Lipinski definition) is 3. The third-order valence-corrected chi connectivity index (χ3v) is 10.0. The molecule has 4 aromatic rings. The molecular weight excluding hydrogens is 677 g/mol. The van der Waals surface area contributed by atoms with E-state index in [1.54, 1.807) is 67.6 Å². The van der Waals surface area contributed by atoms with Gasteiger partial charge in [-0.1, -0.05) is 49.2 Å². The van der Waals surface area contributed by atoms with E-state index in [2.05, 4.69) is 16.0 Å². The number of carbonyl (C=O) groups is 4. The van der Waals surface area contributed by atoms with Gasteiger partial charge in [-0.15, -0.1) is 23.1 Å². The molecule has 50 heavy (non-hydrogen) atoms. The number of amides is 3. The molecule has 5 rings (SSSR count). The lowest BCUT2D eigenvalue weighted by atomic mass is 9.96. The molecule has 1 aliphatic rings. The molecule has 0 fully saturated rings. The quantitative estimate of drug-likeness (QED) is 0.0445. The average molecular weight is 713 g/mol. The molecule has 0 bridgehead atoms. The van der Waals surface area contributed by atoms with Crippen LogP contribution in [0.4, 0.5) is 16.4 Å². The monoisotopic (exact) mass is 712 g/mol. The molecule has 0 unspecified atom stereocenters. The fourth-order valence-electron chi connectivity index (χ4n) is 5.47. The number of rotatable bonds is 12. The smallest absolute Gasteiger partial charge is 0.341 e. The molecule has 0 saturated heterocycles. The SMILES string of the molecule is CCOC(=O)c1c(NC(=O)CSc2cccc(NC(=O)/C(=C\c3ccccc3[N+](=O)[O-])NC(=O)c3ccccc3)c2)sc2c1CCCCCC2. The normalized spacial score (nSPS) is 12.9. The van der Waals surface area contributed by atoms with Crippen molar-refractivity contribution < 1.29 is 28.8 Å². The summed E-state index contributed by atoms with van der Waals surface area (Å²) in [5.74, 6) is -1.94. The zero-order valence-electron chi connectivity index (χ0n) is 27.4. The minimum Gasteiger partial charge on any atom is -0.462 e. The van der Waals surface area contributed by atoms with Crippen LogP contribution in [0.1, 0.15) is 69.3 Å². The van der Waals surface area contributed by atoms with Crippen molar-refractivity contribution in [3.8, 4) is 0 Å². The number of nitrogens with one attached hydrogen (secondary N) is 3. The van der Waals surface area contributed by atoms with E-state index in [1.165, 1.54) is 47.4 Å². The van der Waals surface area contributed by atoms with Crippen LogP contribution in [0.3, 0.4) is 0 Å². The van der Waals surface area contributed by atoms with Gasteiger partial charge in [-0.25, -0.2) is 4.79 Å². The Kier molecular flexibility index (Phi) is 12.5. The van der Waals surface area contributed by atoms with Crippen LogP contribution in [0.25, 0.3) is 6.08 Å². The Balaban J connectivity index is 1.30. The fraction of sp³-hybridized carbons (Fsp3) is 0.243. The molecule has 1 heterocycles.